The van der Waals surface area contributed by atoms with E-state index in [1.807, 2.05) is 86.4 Å². The molecule has 2 amide bonds. The highest BCUT2D eigenvalue weighted by molar-refractivity contribution is 6.00. The van der Waals surface area contributed by atoms with Crippen molar-refractivity contribution in [2.24, 2.45) is 18.1 Å². The number of benzene rings is 2. The zero-order valence-electron chi connectivity index (χ0n) is 19.5. The molecule has 0 unspecified atom stereocenters. The minimum absolute atomic E-state index is 0.192. The monoisotopic (exact) mass is 459 g/mol. The molecule has 4 aromatic rings. The van der Waals surface area contributed by atoms with Crippen molar-refractivity contribution in [1.29, 1.82) is 0 Å². The molecule has 0 aliphatic rings. The van der Waals surface area contributed by atoms with Crippen LogP contribution in [0.5, 0.6) is 0 Å². The number of ether oxygens (including phenoxy) is 1. The number of H-pyrrole nitrogens is 1. The molecule has 0 radical (unpaired) electrons. The Balaban J connectivity index is 1.50. The number of amides is 2. The van der Waals surface area contributed by atoms with Crippen molar-refractivity contribution in [1.82, 2.24) is 20.3 Å². The Hall–Kier alpha value is -4.07. The molecule has 8 heteroatoms. The van der Waals surface area contributed by atoms with Crippen LogP contribution in [0, 0.1) is 5.92 Å². The highest BCUT2D eigenvalue weighted by Gasteiger charge is 2.23. The Morgan fingerprint density at radius 1 is 1.12 bits per heavy atom. The Kier molecular flexibility index (Phi) is 6.96. The summed E-state index contributed by atoms with van der Waals surface area (Å²) in [4.78, 5) is 28.6. The van der Waals surface area contributed by atoms with Gasteiger partial charge < -0.3 is 19.6 Å². The fraction of sp³-hybridized carbons (Fsp3) is 0.269. The number of carbonyl (C=O) groups is 2. The van der Waals surface area contributed by atoms with Crippen LogP contribution in [0.4, 0.5) is 4.79 Å². The molecule has 0 saturated heterocycles. The van der Waals surface area contributed by atoms with E-state index in [4.69, 9.17) is 4.74 Å². The molecular formula is C26H29N5O3. The van der Waals surface area contributed by atoms with E-state index in [9.17, 15) is 9.59 Å². The second-order valence-electron chi connectivity index (χ2n) is 8.70. The number of fused-ring (bicyclic) bond motifs is 2. The summed E-state index contributed by atoms with van der Waals surface area (Å²) >= 11 is 0. The third kappa shape index (κ3) is 5.28. The summed E-state index contributed by atoms with van der Waals surface area (Å²) in [7, 11) is 1.96. The normalized spacial score (nSPS) is 12.5. The topological polar surface area (TPSA) is 101 Å². The van der Waals surface area contributed by atoms with Crippen LogP contribution >= 0.6 is 0 Å². The lowest BCUT2D eigenvalue weighted by Gasteiger charge is -2.17. The Bertz CT molecular complexity index is 1330. The number of aromatic amines is 1. The summed E-state index contributed by atoms with van der Waals surface area (Å²) in [6, 6.07) is 14.9. The first-order valence-corrected chi connectivity index (χ1v) is 11.3. The molecule has 176 valence electrons. The number of aromatic nitrogens is 2. The molecule has 4 rings (SSSR count). The molecule has 0 fully saturated rings. The van der Waals surface area contributed by atoms with E-state index < -0.39 is 18.0 Å². The van der Waals surface area contributed by atoms with Crippen LogP contribution in [0.15, 0.2) is 66.0 Å². The van der Waals surface area contributed by atoms with Crippen LogP contribution in [-0.2, 0) is 23.0 Å². The quantitative estimate of drug-likeness (QED) is 0.273. The van der Waals surface area contributed by atoms with E-state index in [0.29, 0.717) is 0 Å². The van der Waals surface area contributed by atoms with Gasteiger partial charge in [0, 0.05) is 53.2 Å². The third-order valence-electron chi connectivity index (χ3n) is 5.56. The smallest absolute Gasteiger partial charge is 0.407 e. The number of alkyl carbamates (subject to hydrolysis) is 1. The van der Waals surface area contributed by atoms with E-state index in [-0.39, 0.29) is 18.9 Å². The van der Waals surface area contributed by atoms with Gasteiger partial charge in [0.15, 0.2) is 0 Å². The average Bonchev–Trinajstić information content (AvgIpc) is 3.38. The van der Waals surface area contributed by atoms with E-state index in [2.05, 4.69) is 20.8 Å². The van der Waals surface area contributed by atoms with Crippen molar-refractivity contribution >= 4 is 40.0 Å². The van der Waals surface area contributed by atoms with Gasteiger partial charge in [-0.15, -0.1) is 0 Å². The second kappa shape index (κ2) is 10.2. The number of nitrogens with one attached hydrogen (secondary N) is 3. The lowest BCUT2D eigenvalue weighted by atomic mass is 10.0. The minimum Gasteiger partial charge on any atom is -0.449 e. The Morgan fingerprint density at radius 2 is 1.85 bits per heavy atom. The molecule has 0 saturated carbocycles. The van der Waals surface area contributed by atoms with Gasteiger partial charge in [0.25, 0.3) is 5.91 Å². The van der Waals surface area contributed by atoms with Gasteiger partial charge in [-0.25, -0.2) is 10.2 Å². The van der Waals surface area contributed by atoms with Gasteiger partial charge in [0.1, 0.15) is 6.04 Å². The van der Waals surface area contributed by atoms with Gasteiger partial charge in [-0.05, 0) is 23.6 Å². The first kappa shape index (κ1) is 23.1. The molecule has 34 heavy (non-hydrogen) atoms. The number of aryl methyl sites for hydroxylation is 1. The summed E-state index contributed by atoms with van der Waals surface area (Å²) in [5.74, 6) is -0.236. The van der Waals surface area contributed by atoms with Gasteiger partial charge in [0.2, 0.25) is 0 Å². The lowest BCUT2D eigenvalue weighted by molar-refractivity contribution is -0.123. The number of nitrogens with zero attached hydrogens (tertiary/aromatic N) is 2. The van der Waals surface area contributed by atoms with Gasteiger partial charge in [-0.1, -0.05) is 50.2 Å². The predicted molar refractivity (Wildman–Crippen MR) is 134 cm³/mol. The first-order chi connectivity index (χ1) is 16.4. The van der Waals surface area contributed by atoms with Crippen molar-refractivity contribution in [3.05, 3.63) is 72.1 Å². The maximum absolute atomic E-state index is 13.0. The maximum atomic E-state index is 13.0. The first-order valence-electron chi connectivity index (χ1n) is 11.3. The highest BCUT2D eigenvalue weighted by Crippen LogP contribution is 2.20. The molecule has 2 aromatic carbocycles. The molecule has 0 aliphatic heterocycles. The van der Waals surface area contributed by atoms with Gasteiger partial charge >= 0.3 is 6.09 Å². The molecule has 1 atom stereocenters. The molecule has 0 spiro atoms. The van der Waals surface area contributed by atoms with Gasteiger partial charge in [-0.3, -0.25) is 4.79 Å². The Morgan fingerprint density at radius 3 is 2.65 bits per heavy atom. The number of carbonyl (C=O) groups excluding carboxylic acids is 2. The summed E-state index contributed by atoms with van der Waals surface area (Å²) in [6.07, 6.45) is 5.07. The molecule has 2 aromatic heterocycles. The number of hydrogen-bond acceptors (Lipinski definition) is 4. The van der Waals surface area contributed by atoms with Crippen LogP contribution in [0.1, 0.15) is 25.0 Å². The van der Waals surface area contributed by atoms with Crippen molar-refractivity contribution < 1.29 is 14.3 Å². The lowest BCUT2D eigenvalue weighted by Crippen LogP contribution is -2.47. The zero-order chi connectivity index (χ0) is 24.1. The van der Waals surface area contributed by atoms with Crippen LogP contribution in [-0.4, -0.2) is 40.4 Å². The Labute approximate surface area is 198 Å². The number of hydrogen-bond donors (Lipinski definition) is 3. The molecule has 0 bridgehead atoms. The van der Waals surface area contributed by atoms with Crippen LogP contribution in [0.25, 0.3) is 21.8 Å². The number of hydrazone groups is 1. The third-order valence-corrected chi connectivity index (χ3v) is 5.56. The fourth-order valence-corrected chi connectivity index (χ4v) is 3.88. The summed E-state index contributed by atoms with van der Waals surface area (Å²) in [6.45, 7) is 4.17. The van der Waals surface area contributed by atoms with Gasteiger partial charge in [-0.2, -0.15) is 5.10 Å². The van der Waals surface area contributed by atoms with Crippen LogP contribution in [0.3, 0.4) is 0 Å². The van der Waals surface area contributed by atoms with Gasteiger partial charge in [0.05, 0.1) is 12.8 Å². The average molecular weight is 460 g/mol. The predicted octanol–water partition coefficient (Wildman–Crippen LogP) is 4.10. The van der Waals surface area contributed by atoms with Crippen LogP contribution in [0.2, 0.25) is 0 Å². The molecular weight excluding hydrogens is 430 g/mol. The molecule has 2 heterocycles. The van der Waals surface area contributed by atoms with Crippen LogP contribution < -0.4 is 10.7 Å². The standard InChI is InChI=1S/C26H29N5O3/c1-17(2)16-34-26(33)29-23(12-18-13-27-22-10-6-4-8-20(18)22)25(32)30-28-14-19-15-31(3)24-11-7-5-9-21(19)24/h4-11,13-15,17,23,27H,12,16H2,1-3H3,(H,29,33)(H,30,32)/b28-14-/t23-/m0/s1. The summed E-state index contributed by atoms with van der Waals surface area (Å²) in [5, 5.41) is 8.89. The highest BCUT2D eigenvalue weighted by atomic mass is 16.5. The zero-order valence-corrected chi connectivity index (χ0v) is 19.5. The minimum atomic E-state index is -0.858. The van der Waals surface area contributed by atoms with Crippen molar-refractivity contribution in [3.63, 3.8) is 0 Å². The van der Waals surface area contributed by atoms with E-state index in [1.165, 1.54) is 0 Å². The van der Waals surface area contributed by atoms with Crippen molar-refractivity contribution in [3.8, 4) is 0 Å². The molecule has 3 N–H and O–H groups in total. The summed E-state index contributed by atoms with van der Waals surface area (Å²) in [5.41, 5.74) is 6.41. The second-order valence-corrected chi connectivity index (χ2v) is 8.70. The van der Waals surface area contributed by atoms with Crippen molar-refractivity contribution in [2.45, 2.75) is 26.3 Å². The number of rotatable bonds is 8. The SMILES string of the molecule is CC(C)COC(=O)N[C@@H](Cc1c[nH]c2ccccc12)C(=O)N/N=C\c1cn(C)c2ccccc12. The van der Waals surface area contributed by atoms with E-state index >= 15 is 0 Å². The van der Waals surface area contributed by atoms with E-state index in [0.717, 1.165) is 32.9 Å². The fourth-order valence-electron chi connectivity index (χ4n) is 3.88. The van der Waals surface area contributed by atoms with E-state index in [1.54, 1.807) is 6.21 Å². The summed E-state index contributed by atoms with van der Waals surface area (Å²) < 4.78 is 7.24. The maximum Gasteiger partial charge on any atom is 0.407 e. The van der Waals surface area contributed by atoms with Crippen molar-refractivity contribution in [2.75, 3.05) is 6.61 Å². The largest absolute Gasteiger partial charge is 0.449 e. The molecule has 0 aliphatic carbocycles. The molecule has 8 nitrogen and oxygen atoms in total. The number of para-hydroxylation sites is 2.